The van der Waals surface area contributed by atoms with Crippen LogP contribution in [0, 0.1) is 10.8 Å². The normalized spacial score (nSPS) is 22.8. The lowest BCUT2D eigenvalue weighted by molar-refractivity contribution is -0.171. The van der Waals surface area contributed by atoms with E-state index in [-0.39, 0.29) is 31.5 Å². The fourth-order valence-electron chi connectivity index (χ4n) is 2.09. The van der Waals surface area contributed by atoms with Crippen LogP contribution in [0.3, 0.4) is 0 Å². The van der Waals surface area contributed by atoms with Crippen LogP contribution < -0.4 is 0 Å². The van der Waals surface area contributed by atoms with E-state index < -0.39 is 17.4 Å². The van der Waals surface area contributed by atoms with Gasteiger partial charge in [0.2, 0.25) is 0 Å². The third-order valence-corrected chi connectivity index (χ3v) is 4.11. The lowest BCUT2D eigenvalue weighted by atomic mass is 9.69. The molecule has 0 aromatic rings. The first kappa shape index (κ1) is 14.9. The van der Waals surface area contributed by atoms with Crippen molar-refractivity contribution in [3.05, 3.63) is 0 Å². The third-order valence-electron chi connectivity index (χ3n) is 4.11. The van der Waals surface area contributed by atoms with Gasteiger partial charge in [-0.1, -0.05) is 6.42 Å². The van der Waals surface area contributed by atoms with Crippen LogP contribution in [0.2, 0.25) is 0 Å². The number of carboxylic acids is 2. The Hall–Kier alpha value is -1.14. The molecule has 0 aromatic carbocycles. The first-order valence-electron chi connectivity index (χ1n) is 6.11. The average molecular weight is 260 g/mol. The van der Waals surface area contributed by atoms with E-state index in [1.54, 1.807) is 0 Å². The van der Waals surface area contributed by atoms with Gasteiger partial charge in [0.25, 0.3) is 0 Å². The molecule has 0 heterocycles. The Bertz CT molecular complexity index is 287. The molecule has 0 amide bonds. The first-order valence-corrected chi connectivity index (χ1v) is 6.11. The van der Waals surface area contributed by atoms with Gasteiger partial charge in [0.05, 0.1) is 13.2 Å². The lowest BCUT2D eigenvalue weighted by Gasteiger charge is -2.38. The van der Waals surface area contributed by atoms with Gasteiger partial charge in [-0.25, -0.2) is 0 Å². The summed E-state index contributed by atoms with van der Waals surface area (Å²) < 4.78 is 0. The lowest BCUT2D eigenvalue weighted by Crippen LogP contribution is -2.44. The van der Waals surface area contributed by atoms with Crippen LogP contribution in [0.1, 0.15) is 38.5 Å². The number of aliphatic carboxylic acids is 2. The molecule has 0 spiro atoms. The number of aliphatic hydroxyl groups is 2. The molecule has 0 saturated heterocycles. The highest BCUT2D eigenvalue weighted by Gasteiger charge is 2.51. The monoisotopic (exact) mass is 260 g/mol. The maximum atomic E-state index is 10.4. The van der Waals surface area contributed by atoms with E-state index >= 15 is 0 Å². The van der Waals surface area contributed by atoms with Crippen LogP contribution >= 0.6 is 0 Å². The topological polar surface area (TPSA) is 115 Å². The van der Waals surface area contributed by atoms with Crippen molar-refractivity contribution in [1.29, 1.82) is 0 Å². The molecule has 2 saturated carbocycles. The van der Waals surface area contributed by atoms with Crippen molar-refractivity contribution in [3.8, 4) is 0 Å². The zero-order chi connectivity index (χ0) is 13.8. The smallest absolute Gasteiger partial charge is 0.321 e. The van der Waals surface area contributed by atoms with Crippen LogP contribution in [0.5, 0.6) is 0 Å². The van der Waals surface area contributed by atoms with Gasteiger partial charge in [-0.15, -0.1) is 0 Å². The number of carboxylic acid groups (broad SMARTS) is 2. The number of carbonyl (C=O) groups is 2. The van der Waals surface area contributed by atoms with E-state index in [1.807, 2.05) is 0 Å². The Labute approximate surface area is 105 Å². The predicted molar refractivity (Wildman–Crippen MR) is 62.0 cm³/mol. The molecule has 4 N–H and O–H groups in total. The molecule has 6 heteroatoms. The van der Waals surface area contributed by atoms with E-state index in [2.05, 4.69) is 0 Å². The minimum Gasteiger partial charge on any atom is -0.480 e. The Kier molecular flexibility index (Phi) is 4.70. The van der Waals surface area contributed by atoms with Crippen LogP contribution in [-0.4, -0.2) is 45.6 Å². The Morgan fingerprint density at radius 1 is 0.833 bits per heavy atom. The summed E-state index contributed by atoms with van der Waals surface area (Å²) in [5.41, 5.74) is -1.53. The van der Waals surface area contributed by atoms with E-state index in [9.17, 15) is 9.59 Å². The van der Waals surface area contributed by atoms with Crippen LogP contribution in [0.25, 0.3) is 0 Å². The minimum atomic E-state index is -1.44. The van der Waals surface area contributed by atoms with Crippen molar-refractivity contribution in [2.45, 2.75) is 38.5 Å². The first-order chi connectivity index (χ1) is 8.42. The predicted octanol–water partition coefficient (Wildman–Crippen LogP) is 0.467. The molecule has 104 valence electrons. The highest BCUT2D eigenvalue weighted by molar-refractivity contribution is 5.99. The second-order valence-corrected chi connectivity index (χ2v) is 5.22. The highest BCUT2D eigenvalue weighted by Crippen LogP contribution is 2.41. The molecular weight excluding hydrogens is 240 g/mol. The summed E-state index contributed by atoms with van der Waals surface area (Å²) in [7, 11) is 0. The molecule has 6 nitrogen and oxygen atoms in total. The molecule has 2 rings (SSSR count). The molecule has 2 aliphatic carbocycles. The molecule has 18 heavy (non-hydrogen) atoms. The molecule has 0 bridgehead atoms. The highest BCUT2D eigenvalue weighted by atomic mass is 16.4. The average Bonchev–Trinajstić information content (AvgIpc) is 2.15. The summed E-state index contributed by atoms with van der Waals surface area (Å²) in [6.45, 7) is 0.312. The van der Waals surface area contributed by atoms with Gasteiger partial charge in [0.15, 0.2) is 5.41 Å². The van der Waals surface area contributed by atoms with Gasteiger partial charge in [0.1, 0.15) is 0 Å². The number of hydrogen-bond acceptors (Lipinski definition) is 4. The van der Waals surface area contributed by atoms with Crippen molar-refractivity contribution in [2.75, 3.05) is 13.2 Å². The largest absolute Gasteiger partial charge is 0.480 e. The quantitative estimate of drug-likeness (QED) is 0.546. The fourth-order valence-corrected chi connectivity index (χ4v) is 2.09. The van der Waals surface area contributed by atoms with Crippen molar-refractivity contribution in [1.82, 2.24) is 0 Å². The van der Waals surface area contributed by atoms with E-state index in [0.29, 0.717) is 6.42 Å². The van der Waals surface area contributed by atoms with E-state index in [4.69, 9.17) is 20.4 Å². The Balaban J connectivity index is 0.000000184. The third kappa shape index (κ3) is 2.64. The zero-order valence-electron chi connectivity index (χ0n) is 10.3. The van der Waals surface area contributed by atoms with Crippen molar-refractivity contribution in [3.63, 3.8) is 0 Å². The maximum absolute atomic E-state index is 10.4. The second kappa shape index (κ2) is 5.67. The van der Waals surface area contributed by atoms with Gasteiger partial charge < -0.3 is 20.4 Å². The molecule has 0 aromatic heterocycles. The van der Waals surface area contributed by atoms with Crippen molar-refractivity contribution < 1.29 is 30.0 Å². The Morgan fingerprint density at radius 3 is 1.22 bits per heavy atom. The molecular formula is C12H20O6. The summed E-state index contributed by atoms with van der Waals surface area (Å²) >= 11 is 0. The van der Waals surface area contributed by atoms with Crippen LogP contribution in [0.15, 0.2) is 0 Å². The molecule has 0 aliphatic heterocycles. The second-order valence-electron chi connectivity index (χ2n) is 5.22. The number of hydrogen-bond donors (Lipinski definition) is 4. The summed E-state index contributed by atoms with van der Waals surface area (Å²) in [4.78, 5) is 20.7. The summed E-state index contributed by atoms with van der Waals surface area (Å²) in [5.74, 6) is -2.41. The summed E-state index contributed by atoms with van der Waals surface area (Å²) in [6, 6.07) is 0. The van der Waals surface area contributed by atoms with Crippen molar-refractivity contribution in [2.24, 2.45) is 10.8 Å². The Morgan fingerprint density at radius 2 is 1.22 bits per heavy atom. The molecule has 2 fully saturated rings. The molecule has 0 unspecified atom stereocenters. The SMILES string of the molecule is O=C(O)C1(C(=O)O)CCC1.OCC1(CO)CCC1. The van der Waals surface area contributed by atoms with Gasteiger partial charge in [-0.2, -0.15) is 0 Å². The van der Waals surface area contributed by atoms with Gasteiger partial charge in [0, 0.05) is 5.41 Å². The number of aliphatic hydroxyl groups excluding tert-OH is 2. The minimum absolute atomic E-state index is 0.0833. The fraction of sp³-hybridized carbons (Fsp3) is 0.833. The van der Waals surface area contributed by atoms with E-state index in [0.717, 1.165) is 12.8 Å². The van der Waals surface area contributed by atoms with E-state index in [1.165, 1.54) is 6.42 Å². The molecule has 2 aliphatic rings. The van der Waals surface area contributed by atoms with Gasteiger partial charge in [-0.05, 0) is 32.1 Å². The standard InChI is InChI=1S/C6H8O4.C6H12O2/c7-4(8)6(5(9)10)2-1-3-6;7-4-6(5-8)2-1-3-6/h1-3H2,(H,7,8)(H,9,10);7-8H,1-5H2. The summed E-state index contributed by atoms with van der Waals surface area (Å²) in [6.07, 6.45) is 4.43. The maximum Gasteiger partial charge on any atom is 0.321 e. The van der Waals surface area contributed by atoms with Crippen LogP contribution in [-0.2, 0) is 9.59 Å². The summed E-state index contributed by atoms with van der Waals surface area (Å²) in [5, 5.41) is 34.3. The number of rotatable bonds is 4. The molecule has 0 radical (unpaired) electrons. The van der Waals surface area contributed by atoms with Gasteiger partial charge >= 0.3 is 11.9 Å². The van der Waals surface area contributed by atoms with Crippen molar-refractivity contribution >= 4 is 11.9 Å². The van der Waals surface area contributed by atoms with Crippen LogP contribution in [0.4, 0.5) is 0 Å². The van der Waals surface area contributed by atoms with Gasteiger partial charge in [-0.3, -0.25) is 9.59 Å². The molecule has 0 atom stereocenters. The zero-order valence-corrected chi connectivity index (χ0v) is 10.3.